The van der Waals surface area contributed by atoms with Gasteiger partial charge in [0.25, 0.3) is 0 Å². The highest BCUT2D eigenvalue weighted by atomic mass is 16.4. The summed E-state index contributed by atoms with van der Waals surface area (Å²) in [5.74, 6) is -24.5. The van der Waals surface area contributed by atoms with Gasteiger partial charge in [-0.15, -0.1) is 0 Å². The Bertz CT molecular complexity index is 3370. The molecule has 3 heterocycles. The Morgan fingerprint density at radius 1 is 0.566 bits per heavy atom. The van der Waals surface area contributed by atoms with E-state index in [4.69, 9.17) is 5.73 Å². The molecule has 0 saturated carbocycles. The molecule has 586 valence electrons. The molecular formula is C69H103N15O22. The van der Waals surface area contributed by atoms with E-state index >= 15 is 4.79 Å². The number of hydrogen-bond donors (Lipinski definition) is 17. The number of anilines is 1. The molecule has 37 heteroatoms. The van der Waals surface area contributed by atoms with Crippen molar-refractivity contribution in [2.45, 2.75) is 230 Å². The van der Waals surface area contributed by atoms with E-state index in [0.29, 0.717) is 17.7 Å². The van der Waals surface area contributed by atoms with E-state index in [9.17, 15) is 102 Å². The number of hydrogen-bond acceptors (Lipinski definition) is 19. The number of nitrogens with two attached hydrogens (primary N) is 1. The van der Waals surface area contributed by atoms with Gasteiger partial charge in [-0.2, -0.15) is 0 Å². The Kier molecular flexibility index (Phi) is 36.6. The number of piperidine rings is 1. The summed E-state index contributed by atoms with van der Waals surface area (Å²) in [4.78, 5) is 247. The fourth-order valence-corrected chi connectivity index (χ4v) is 12.1. The number of nitrogens with zero attached hydrogens (tertiary/aromatic N) is 2. The van der Waals surface area contributed by atoms with Crippen LogP contribution in [0.4, 0.5) is 5.69 Å². The zero-order valence-corrected chi connectivity index (χ0v) is 60.5. The lowest BCUT2D eigenvalue weighted by atomic mass is 9.96. The average molecular weight is 1490 g/mol. The molecule has 0 aromatic heterocycles. The van der Waals surface area contributed by atoms with Crippen LogP contribution in [0.2, 0.25) is 0 Å². The Hall–Kier alpha value is -10.6. The van der Waals surface area contributed by atoms with E-state index < -0.39 is 211 Å². The summed E-state index contributed by atoms with van der Waals surface area (Å²) in [6.07, 6.45) is 8.92. The van der Waals surface area contributed by atoms with Crippen LogP contribution in [-0.4, -0.2) is 236 Å². The van der Waals surface area contributed by atoms with Crippen LogP contribution in [0, 0.1) is 11.8 Å². The number of nitrogens with one attached hydrogen (secondary N) is 12. The number of fused-ring (bicyclic) bond motifs is 2. The number of rotatable bonds is 29. The lowest BCUT2D eigenvalue weighted by Crippen LogP contribution is -2.66. The molecule has 3 fully saturated rings. The molecule has 1 aromatic rings. The molecule has 14 amide bonds. The normalized spacial score (nSPS) is 23.2. The van der Waals surface area contributed by atoms with Gasteiger partial charge < -0.3 is 99.8 Å². The van der Waals surface area contributed by atoms with E-state index in [1.165, 1.54) is 59.5 Å². The number of carboxylic acid groups (broad SMARTS) is 4. The van der Waals surface area contributed by atoms with Gasteiger partial charge in [-0.05, 0) is 89.0 Å². The lowest BCUT2D eigenvalue weighted by molar-refractivity contribution is -0.150. The fraction of sp³-hybridized carbons (Fsp3) is 0.623. The van der Waals surface area contributed by atoms with Crippen molar-refractivity contribution in [3.63, 3.8) is 0 Å². The summed E-state index contributed by atoms with van der Waals surface area (Å²) in [5.41, 5.74) is 6.49. The van der Waals surface area contributed by atoms with Crippen LogP contribution in [-0.2, 0) is 86.3 Å². The monoisotopic (exact) mass is 1490 g/mol. The summed E-state index contributed by atoms with van der Waals surface area (Å²) in [5, 5.41) is 67.9. The fourth-order valence-electron chi connectivity index (χ4n) is 12.1. The second-order valence-electron chi connectivity index (χ2n) is 26.9. The van der Waals surface area contributed by atoms with Gasteiger partial charge in [-0.25, -0.2) is 0 Å². The van der Waals surface area contributed by atoms with Crippen molar-refractivity contribution in [3.8, 4) is 0 Å². The van der Waals surface area contributed by atoms with Gasteiger partial charge in [0.05, 0.1) is 50.4 Å². The number of carbonyl (C=O) groups excluding carboxylic acids is 14. The van der Waals surface area contributed by atoms with Gasteiger partial charge in [0.1, 0.15) is 54.4 Å². The first kappa shape index (κ1) is 87.8. The smallest absolute Gasteiger partial charge is 0.308 e. The van der Waals surface area contributed by atoms with Crippen molar-refractivity contribution in [2.24, 2.45) is 17.6 Å². The second-order valence-corrected chi connectivity index (χ2v) is 26.9. The van der Waals surface area contributed by atoms with Crippen molar-refractivity contribution in [2.75, 3.05) is 38.0 Å². The standard InChI is InChI=1S/C69H103N15O22/c1-7-8-9-10-11-12-13-14-15-21-48(85)75-42-25-22-41(23-26-42)24-27-49(86)76-45(34-55(94)95)62(98)82-59-40(6)74-63(99)47-20-18-31-84(47)67(103)56(37(2)3)80-66(102)58(39(5)73-50(87)28-29-70)79-52(89)36-72-60(96)43(32-53(90)91)77-51(88)35-71-61(97)44(33-54(92)93)78-65(101)57(38(4)69(105)106)81-64(100)46-19-16-17-30-83(46)68(59)104/h22-27,37-40,43-47,56-59H,7-21,28-36,70H2,1-6H3,(H,71,97)(H,72,96)(H,73,87)(H,74,99)(H,75,85)(H,76,86)(H,77,88)(H,78,101)(H,79,89)(H,80,102)(H,81,100)(H,82,98)(H,90,91)(H,92,93)(H,94,95)(H,105,106)/b27-24+. The molecule has 3 aliphatic rings. The molecule has 0 aliphatic carbocycles. The summed E-state index contributed by atoms with van der Waals surface area (Å²) in [7, 11) is 0. The lowest BCUT2D eigenvalue weighted by Gasteiger charge is -2.39. The molecule has 3 saturated heterocycles. The number of benzene rings is 1. The van der Waals surface area contributed by atoms with Gasteiger partial charge in [0.15, 0.2) is 0 Å². The molecule has 12 atom stereocenters. The van der Waals surface area contributed by atoms with Gasteiger partial charge >= 0.3 is 23.9 Å². The number of carboxylic acids is 4. The van der Waals surface area contributed by atoms with Crippen molar-refractivity contribution < 1.29 is 107 Å². The maximum absolute atomic E-state index is 15.4. The first-order valence-corrected chi connectivity index (χ1v) is 35.7. The van der Waals surface area contributed by atoms with Crippen molar-refractivity contribution in [3.05, 3.63) is 35.9 Å². The van der Waals surface area contributed by atoms with Gasteiger partial charge in [-0.1, -0.05) is 84.3 Å². The number of carbonyl (C=O) groups is 18. The highest BCUT2D eigenvalue weighted by Crippen LogP contribution is 2.24. The van der Waals surface area contributed by atoms with Crippen molar-refractivity contribution in [1.82, 2.24) is 68.3 Å². The zero-order valence-electron chi connectivity index (χ0n) is 60.5. The molecule has 1 aromatic carbocycles. The Morgan fingerprint density at radius 3 is 1.66 bits per heavy atom. The third kappa shape index (κ3) is 29.1. The van der Waals surface area contributed by atoms with Gasteiger partial charge in [-0.3, -0.25) is 86.3 Å². The summed E-state index contributed by atoms with van der Waals surface area (Å²) >= 11 is 0. The highest BCUT2D eigenvalue weighted by molar-refractivity contribution is 6.02. The molecule has 3 aliphatic heterocycles. The Labute approximate surface area is 612 Å². The Morgan fingerprint density at radius 2 is 1.09 bits per heavy atom. The van der Waals surface area contributed by atoms with E-state index in [1.807, 2.05) is 16.0 Å². The first-order chi connectivity index (χ1) is 50.1. The predicted molar refractivity (Wildman–Crippen MR) is 377 cm³/mol. The van der Waals surface area contributed by atoms with Crippen LogP contribution in [0.3, 0.4) is 0 Å². The number of aliphatic carboxylic acids is 4. The molecule has 0 bridgehead atoms. The highest BCUT2D eigenvalue weighted by Gasteiger charge is 2.45. The first-order valence-electron chi connectivity index (χ1n) is 35.7. The van der Waals surface area contributed by atoms with Gasteiger partial charge in [0, 0.05) is 44.2 Å². The molecule has 0 radical (unpaired) electrons. The Balaban J connectivity index is 1.78. The predicted octanol–water partition coefficient (Wildman–Crippen LogP) is -2.27. The minimum absolute atomic E-state index is 0.0420. The molecule has 37 nitrogen and oxygen atoms in total. The van der Waals surface area contributed by atoms with E-state index in [-0.39, 0.29) is 64.1 Å². The van der Waals surface area contributed by atoms with Crippen LogP contribution >= 0.6 is 0 Å². The molecule has 12 unspecified atom stereocenters. The number of amides is 14. The molecule has 106 heavy (non-hydrogen) atoms. The average Bonchev–Trinajstić information content (AvgIpc) is 1.25. The molecular weight excluding hydrogens is 1390 g/mol. The van der Waals surface area contributed by atoms with E-state index in [2.05, 4.69) is 54.8 Å². The zero-order chi connectivity index (χ0) is 78.9. The molecule has 18 N–H and O–H groups in total. The third-order valence-electron chi connectivity index (χ3n) is 17.9. The van der Waals surface area contributed by atoms with Gasteiger partial charge in [0.2, 0.25) is 82.7 Å². The SMILES string of the molecule is CCCCCCCCCCCC(=O)Nc1ccc(/C=C/C(=O)NC(CC(=O)O)C(=O)NC2C(=O)N3CCCCC3C(=O)NC(C(C)C(=O)O)C(=O)NC(CC(=O)O)C(=O)NCC(=O)NC(CC(=O)O)C(=O)NCC(=O)NC(C(C)NC(=O)CCN)C(=O)NC(C(C)C)C(=O)N3CCCC3C(=O)NC2C)cc1. The van der Waals surface area contributed by atoms with Crippen molar-refractivity contribution >= 4 is 118 Å². The largest absolute Gasteiger partial charge is 0.481 e. The minimum Gasteiger partial charge on any atom is -0.481 e. The minimum atomic E-state index is -2.19. The van der Waals surface area contributed by atoms with Crippen LogP contribution in [0.15, 0.2) is 30.3 Å². The van der Waals surface area contributed by atoms with Crippen LogP contribution in [0.5, 0.6) is 0 Å². The van der Waals surface area contributed by atoms with E-state index in [1.54, 1.807) is 24.3 Å². The van der Waals surface area contributed by atoms with Crippen LogP contribution < -0.4 is 69.5 Å². The van der Waals surface area contributed by atoms with Crippen molar-refractivity contribution in [1.29, 1.82) is 0 Å². The topological polar surface area (TPSA) is 565 Å². The maximum Gasteiger partial charge on any atom is 0.308 e. The maximum atomic E-state index is 15.4. The molecule has 4 rings (SSSR count). The number of unbranched alkanes of at least 4 members (excludes halogenated alkanes) is 8. The summed E-state index contributed by atoms with van der Waals surface area (Å²) < 4.78 is 0. The molecule has 0 spiro atoms. The van der Waals surface area contributed by atoms with E-state index in [0.717, 1.165) is 54.9 Å². The summed E-state index contributed by atoms with van der Waals surface area (Å²) in [6.45, 7) is 5.97. The quantitative estimate of drug-likeness (QED) is 0.0297. The third-order valence-corrected chi connectivity index (χ3v) is 17.9. The van der Waals surface area contributed by atoms with Crippen LogP contribution in [0.1, 0.15) is 169 Å². The van der Waals surface area contributed by atoms with Crippen LogP contribution in [0.25, 0.3) is 6.08 Å². The second kappa shape index (κ2) is 44.2. The summed E-state index contributed by atoms with van der Waals surface area (Å²) in [6, 6.07) is -13.2.